The largest absolute Gasteiger partial charge is 0.493 e. The van der Waals surface area contributed by atoms with Crippen molar-refractivity contribution >= 4 is 44.6 Å². The summed E-state index contributed by atoms with van der Waals surface area (Å²) in [5, 5.41) is 14.2. The Labute approximate surface area is 521 Å². The first-order valence-corrected chi connectivity index (χ1v) is 31.4. The summed E-state index contributed by atoms with van der Waals surface area (Å²) in [6.07, 6.45) is 18.0. The molecule has 11 heterocycles. The molecule has 0 unspecified atom stereocenters. The van der Waals surface area contributed by atoms with Crippen molar-refractivity contribution < 1.29 is 35.8 Å². The molecule has 3 aliphatic rings. The van der Waals surface area contributed by atoms with Crippen LogP contribution in [0.4, 0.5) is 31.0 Å². The maximum Gasteiger partial charge on any atom is 0.208 e. The molecular formula is C66H63F3N16O5S. The number of fused-ring (bicyclic) bond motifs is 6. The molecule has 0 atom stereocenters. The summed E-state index contributed by atoms with van der Waals surface area (Å²) in [7, 11) is -1.38. The van der Waals surface area contributed by atoms with Crippen molar-refractivity contribution in [3.05, 3.63) is 195 Å². The van der Waals surface area contributed by atoms with E-state index in [1.165, 1.54) is 24.5 Å². The molecule has 0 spiro atoms. The van der Waals surface area contributed by atoms with Gasteiger partial charge >= 0.3 is 0 Å². The Morgan fingerprint density at radius 3 is 1.26 bits per heavy atom. The van der Waals surface area contributed by atoms with Crippen LogP contribution in [-0.2, 0) is 55.8 Å². The van der Waals surface area contributed by atoms with Gasteiger partial charge in [-0.3, -0.25) is 17.9 Å². The van der Waals surface area contributed by atoms with E-state index < -0.39 is 9.84 Å². The van der Waals surface area contributed by atoms with Gasteiger partial charge in [0.2, 0.25) is 17.8 Å². The lowest BCUT2D eigenvalue weighted by atomic mass is 10.0. The first-order chi connectivity index (χ1) is 43.8. The third kappa shape index (κ3) is 11.8. The number of aryl methyl sites for hydroxylation is 7. The minimum atomic E-state index is -3.27. The van der Waals surface area contributed by atoms with Crippen LogP contribution in [0.25, 0.3) is 50.3 Å². The quantitative estimate of drug-likeness (QED) is 0.0974. The van der Waals surface area contributed by atoms with E-state index in [1.807, 2.05) is 86.6 Å². The van der Waals surface area contributed by atoms with Crippen molar-refractivity contribution in [1.29, 1.82) is 0 Å². The minimum Gasteiger partial charge on any atom is -0.493 e. The topological polar surface area (TPSA) is 232 Å². The number of anilines is 3. The molecule has 0 aliphatic carbocycles. The number of nitrogens with zero attached hydrogens (tertiary/aromatic N) is 13. The Kier molecular flexibility index (Phi) is 15.8. The van der Waals surface area contributed by atoms with E-state index in [9.17, 15) is 21.6 Å². The Bertz CT molecular complexity index is 4950. The number of hydrogen-bond donors (Lipinski definition) is 3. The zero-order valence-electron chi connectivity index (χ0n) is 51.2. The average Bonchev–Trinajstić information content (AvgIpc) is 1.75. The molecule has 15 rings (SSSR count). The van der Waals surface area contributed by atoms with Crippen LogP contribution < -0.4 is 30.2 Å². The fraction of sp³-hybridized carbons (Fsp3) is 0.258. The molecular weight excluding hydrogens is 1190 g/mol. The molecule has 0 saturated carbocycles. The van der Waals surface area contributed by atoms with Gasteiger partial charge in [-0.2, -0.15) is 5.10 Å². The smallest absolute Gasteiger partial charge is 0.208 e. The van der Waals surface area contributed by atoms with E-state index in [0.717, 1.165) is 119 Å². The summed E-state index contributed by atoms with van der Waals surface area (Å²) in [4.78, 5) is 36.8. The van der Waals surface area contributed by atoms with Gasteiger partial charge in [0.25, 0.3) is 0 Å². The van der Waals surface area contributed by atoms with Gasteiger partial charge in [0.1, 0.15) is 57.5 Å². The SMILES string of the molecule is Cc1cn2c(NCc3c(F)ccc4c3CCO4)ncc(-c3ccc(S(C)(=O)=O)cc3)c2n1.Cc1cn2c(NCc3c(F)ccc4c3CCO4)ncc(-c3cn(C)nc3C)c2n1.Cc1cn2c(NCc3c(F)ccc4c3CCO4)ncc(-c3cnc(C)nc3C)c2n1. The summed E-state index contributed by atoms with van der Waals surface area (Å²) in [6, 6.07) is 16.0. The molecule has 21 nitrogen and oxygen atoms in total. The van der Waals surface area contributed by atoms with Crippen LogP contribution in [0.2, 0.25) is 0 Å². The van der Waals surface area contributed by atoms with Crippen LogP contribution in [-0.4, -0.2) is 97.3 Å². The van der Waals surface area contributed by atoms with E-state index in [1.54, 1.807) is 71.9 Å². The molecule has 3 N–H and O–H groups in total. The second kappa shape index (κ2) is 24.2. The number of benzene rings is 4. The highest BCUT2D eigenvalue weighted by Gasteiger charge is 2.25. The second-order valence-electron chi connectivity index (χ2n) is 22.6. The van der Waals surface area contributed by atoms with E-state index in [4.69, 9.17) is 14.2 Å². The molecule has 8 aromatic heterocycles. The highest BCUT2D eigenvalue weighted by atomic mass is 32.2. The summed E-state index contributed by atoms with van der Waals surface area (Å²) in [6.45, 7) is 14.2. The highest BCUT2D eigenvalue weighted by Crippen LogP contribution is 2.36. The van der Waals surface area contributed by atoms with Crippen molar-refractivity contribution in [3.63, 3.8) is 0 Å². The van der Waals surface area contributed by atoms with Crippen LogP contribution in [0.3, 0.4) is 0 Å². The first-order valence-electron chi connectivity index (χ1n) is 29.5. The van der Waals surface area contributed by atoms with Gasteiger partial charge in [0.15, 0.2) is 9.84 Å². The van der Waals surface area contributed by atoms with E-state index in [2.05, 4.69) is 60.9 Å². The molecule has 0 radical (unpaired) electrons. The molecule has 0 fully saturated rings. The molecule has 12 aromatic rings. The van der Waals surface area contributed by atoms with Crippen molar-refractivity contribution in [2.24, 2.45) is 7.05 Å². The third-order valence-electron chi connectivity index (χ3n) is 16.2. The number of hydrogen-bond acceptors (Lipinski definition) is 17. The summed E-state index contributed by atoms with van der Waals surface area (Å²) < 4.78 is 91.0. The third-order valence-corrected chi connectivity index (χ3v) is 17.3. The van der Waals surface area contributed by atoms with Crippen molar-refractivity contribution in [2.45, 2.75) is 85.3 Å². The standard InChI is InChI=1S/C23H21FN4O3S.C22H21FN6O.C21H21FN6O/c1-14-13-28-22(27-14)18(15-3-5-16(6-4-15)32(2,29)30)11-25-23(28)26-12-19-17-9-10-31-21(17)8-7-20(19)24;1-12-11-29-21(27-12)18(16-8-24-14(3)28-13(16)2)10-26-22(29)25-9-17-15-6-7-30-20(15)5-4-19(17)23;1-12-10-28-20(25-12)16(17-11-27(3)26-13(17)2)9-24-21(28)23-8-15-14-6-7-29-19(14)5-4-18(15)22/h3-8,11,13H,9-10,12H2,1-2H3,(H,25,26);4-5,8,10-11H,6-7,9H2,1-3H3,(H,25,26);4-5,9-11H,6-8H2,1-3H3,(H,23,24). The Hall–Kier alpha value is -10.4. The van der Waals surface area contributed by atoms with Crippen molar-refractivity contribution in [2.75, 3.05) is 42.0 Å². The second-order valence-corrected chi connectivity index (χ2v) is 24.6. The molecule has 0 amide bonds. The van der Waals surface area contributed by atoms with E-state index >= 15 is 0 Å². The fourth-order valence-electron chi connectivity index (χ4n) is 11.9. The van der Waals surface area contributed by atoms with Gasteiger partial charge in [-0.15, -0.1) is 0 Å². The zero-order chi connectivity index (χ0) is 63.4. The Morgan fingerprint density at radius 1 is 0.473 bits per heavy atom. The van der Waals surface area contributed by atoms with Gasteiger partial charge < -0.3 is 30.2 Å². The van der Waals surface area contributed by atoms with Crippen LogP contribution in [0, 0.1) is 59.0 Å². The van der Waals surface area contributed by atoms with Crippen molar-refractivity contribution in [1.82, 2.24) is 62.9 Å². The maximum atomic E-state index is 14.5. The number of rotatable bonds is 13. The molecule has 464 valence electrons. The van der Waals surface area contributed by atoms with Crippen molar-refractivity contribution in [3.8, 4) is 50.6 Å². The van der Waals surface area contributed by atoms with Gasteiger partial charge in [-0.1, -0.05) is 12.1 Å². The van der Waals surface area contributed by atoms with E-state index in [-0.39, 0.29) is 28.9 Å². The number of ether oxygens (including phenoxy) is 3. The first kappa shape index (κ1) is 59.5. The normalized spacial score (nSPS) is 13.0. The number of nitrogens with one attached hydrogen (secondary N) is 3. The highest BCUT2D eigenvalue weighted by molar-refractivity contribution is 7.90. The van der Waals surface area contributed by atoms with Crippen LogP contribution in [0.5, 0.6) is 17.2 Å². The van der Waals surface area contributed by atoms with Gasteiger partial charge in [0, 0.05) is 169 Å². The number of aromatic nitrogens is 13. The monoisotopic (exact) mass is 1250 g/mol. The zero-order valence-corrected chi connectivity index (χ0v) is 52.0. The molecule has 3 aliphatic heterocycles. The lowest BCUT2D eigenvalue weighted by Crippen LogP contribution is -2.10. The molecule has 4 aromatic carbocycles. The summed E-state index contributed by atoms with van der Waals surface area (Å²) in [5.41, 5.74) is 16.3. The maximum absolute atomic E-state index is 14.5. The average molecular weight is 1250 g/mol. The Morgan fingerprint density at radius 2 is 0.868 bits per heavy atom. The Balaban J connectivity index is 0.000000125. The number of halogens is 3. The predicted molar refractivity (Wildman–Crippen MR) is 338 cm³/mol. The fourth-order valence-corrected chi connectivity index (χ4v) is 12.5. The predicted octanol–water partition coefficient (Wildman–Crippen LogP) is 11.0. The minimum absolute atomic E-state index is 0.234. The molecule has 25 heteroatoms. The van der Waals surface area contributed by atoms with E-state index in [0.29, 0.717) is 85.9 Å². The van der Waals surface area contributed by atoms with Crippen LogP contribution in [0.1, 0.15) is 67.7 Å². The lowest BCUT2D eigenvalue weighted by Gasteiger charge is -2.13. The van der Waals surface area contributed by atoms with Gasteiger partial charge in [-0.05, 0) is 95.6 Å². The number of imidazole rings is 3. The summed E-state index contributed by atoms with van der Waals surface area (Å²) >= 11 is 0. The lowest BCUT2D eigenvalue weighted by molar-refractivity contribution is 0.356. The molecule has 0 bridgehead atoms. The van der Waals surface area contributed by atoms with Gasteiger partial charge in [-0.25, -0.2) is 61.5 Å². The molecule has 91 heavy (non-hydrogen) atoms. The van der Waals surface area contributed by atoms with Gasteiger partial charge in [0.05, 0.1) is 47.5 Å². The van der Waals surface area contributed by atoms with Crippen LogP contribution >= 0.6 is 0 Å². The number of sulfone groups is 1. The molecule has 0 saturated heterocycles. The van der Waals surface area contributed by atoms with Crippen LogP contribution in [0.15, 0.2) is 115 Å². The summed E-state index contributed by atoms with van der Waals surface area (Å²) in [5.74, 6) is 3.97.